The van der Waals surface area contributed by atoms with Gasteiger partial charge in [-0.2, -0.15) is 0 Å². The van der Waals surface area contributed by atoms with Gasteiger partial charge in [-0.25, -0.2) is 9.37 Å². The number of fused-ring (bicyclic) bond motifs is 1. The van der Waals surface area contributed by atoms with E-state index in [1.165, 1.54) is 37.8 Å². The highest BCUT2D eigenvalue weighted by Crippen LogP contribution is 2.42. The number of nitrogens with zero attached hydrogens (tertiary/aromatic N) is 2. The molecule has 128 valence electrons. The first-order valence-corrected chi connectivity index (χ1v) is 8.75. The van der Waals surface area contributed by atoms with Crippen LogP contribution in [0, 0.1) is 5.82 Å². The molecule has 5 nitrogen and oxygen atoms in total. The van der Waals surface area contributed by atoms with Crippen molar-refractivity contribution in [3.8, 4) is 0 Å². The number of aromatic amines is 1. The number of benzene rings is 1. The first-order chi connectivity index (χ1) is 11.5. The number of carbonyl (C=O) groups excluding carboxylic acids is 1. The zero-order valence-corrected chi connectivity index (χ0v) is 13.9. The van der Waals surface area contributed by atoms with E-state index in [1.807, 2.05) is 0 Å². The number of nitrogens with one attached hydrogen (secondary N) is 1. The predicted molar refractivity (Wildman–Crippen MR) is 90.1 cm³/mol. The molecular formula is C18H23FN4O. The Morgan fingerprint density at radius 2 is 2.12 bits per heavy atom. The molecule has 2 aromatic rings. The number of carbonyl (C=O) groups is 1. The Labute approximate surface area is 140 Å². The Balaban J connectivity index is 1.80. The normalized spacial score (nSPS) is 25.8. The molecule has 2 heterocycles. The largest absolute Gasteiger partial charge is 0.366 e. The predicted octanol–water partition coefficient (Wildman–Crippen LogP) is 3.05. The molecule has 1 aromatic heterocycles. The first kappa shape index (κ1) is 15.6. The van der Waals surface area contributed by atoms with Crippen LogP contribution in [0.25, 0.3) is 11.0 Å². The number of halogens is 1. The minimum Gasteiger partial charge on any atom is -0.366 e. The number of likely N-dealkylation sites (tertiary alicyclic amines) is 1. The lowest BCUT2D eigenvalue weighted by Crippen LogP contribution is -2.45. The summed E-state index contributed by atoms with van der Waals surface area (Å²) in [6.07, 6.45) is 7.18. The fourth-order valence-corrected chi connectivity index (χ4v) is 4.57. The number of imidazole rings is 1. The molecule has 6 heteroatoms. The molecule has 24 heavy (non-hydrogen) atoms. The molecular weight excluding hydrogens is 307 g/mol. The van der Waals surface area contributed by atoms with Gasteiger partial charge >= 0.3 is 0 Å². The van der Waals surface area contributed by atoms with Gasteiger partial charge in [0.25, 0.3) is 5.91 Å². The highest BCUT2D eigenvalue weighted by molar-refractivity contribution is 6.04. The summed E-state index contributed by atoms with van der Waals surface area (Å²) in [5.41, 5.74) is 6.36. The van der Waals surface area contributed by atoms with E-state index in [1.54, 1.807) is 0 Å². The van der Waals surface area contributed by atoms with E-state index in [-0.39, 0.29) is 11.1 Å². The van der Waals surface area contributed by atoms with E-state index in [4.69, 9.17) is 5.73 Å². The smallest absolute Gasteiger partial charge is 0.251 e. The lowest BCUT2D eigenvalue weighted by Gasteiger charge is -2.38. The SMILES string of the molecule is C[C@@]1(c2nc3c(C(N)=O)cc(F)cc3[nH]2)CCCN1C1CCCC1. The van der Waals surface area contributed by atoms with Gasteiger partial charge in [-0.05, 0) is 51.3 Å². The van der Waals surface area contributed by atoms with Crippen molar-refractivity contribution >= 4 is 16.9 Å². The van der Waals surface area contributed by atoms with Crippen molar-refractivity contribution in [3.63, 3.8) is 0 Å². The number of hydrogen-bond acceptors (Lipinski definition) is 3. The molecule has 0 bridgehead atoms. The molecule has 2 aliphatic rings. The van der Waals surface area contributed by atoms with Crippen LogP contribution in [0.2, 0.25) is 0 Å². The van der Waals surface area contributed by atoms with Crippen LogP contribution in [0.1, 0.15) is 61.6 Å². The quantitative estimate of drug-likeness (QED) is 0.908. The summed E-state index contributed by atoms with van der Waals surface area (Å²) >= 11 is 0. The summed E-state index contributed by atoms with van der Waals surface area (Å²) in [5, 5.41) is 0. The van der Waals surface area contributed by atoms with Crippen LogP contribution in [-0.2, 0) is 5.54 Å². The maximum Gasteiger partial charge on any atom is 0.251 e. The van der Waals surface area contributed by atoms with Crippen LogP contribution in [0.5, 0.6) is 0 Å². The summed E-state index contributed by atoms with van der Waals surface area (Å²) in [6.45, 7) is 3.27. The van der Waals surface area contributed by atoms with Crippen molar-refractivity contribution in [1.82, 2.24) is 14.9 Å². The molecule has 1 atom stereocenters. The van der Waals surface area contributed by atoms with Gasteiger partial charge < -0.3 is 10.7 Å². The standard InChI is InChI=1S/C18H23FN4O/c1-18(7-4-8-23(18)12-5-2-3-6-12)17-21-14-10-11(19)9-13(16(20)24)15(14)22-17/h9-10,12H,2-8H2,1H3,(H2,20,24)(H,21,22)/t18-/m0/s1. The molecule has 0 radical (unpaired) electrons. The second-order valence-corrected chi connectivity index (χ2v) is 7.31. The van der Waals surface area contributed by atoms with Crippen LogP contribution in [0.3, 0.4) is 0 Å². The van der Waals surface area contributed by atoms with Crippen LogP contribution in [0.4, 0.5) is 4.39 Å². The minimum atomic E-state index is -0.651. The van der Waals surface area contributed by atoms with Gasteiger partial charge in [0.1, 0.15) is 17.2 Å². The van der Waals surface area contributed by atoms with E-state index >= 15 is 0 Å². The number of primary amides is 1. The Hall–Kier alpha value is -1.95. The van der Waals surface area contributed by atoms with Crippen LogP contribution in [-0.4, -0.2) is 33.4 Å². The molecule has 3 N–H and O–H groups in total. The Morgan fingerprint density at radius 3 is 2.83 bits per heavy atom. The molecule has 1 saturated carbocycles. The van der Waals surface area contributed by atoms with Crippen LogP contribution < -0.4 is 5.73 Å². The molecule has 1 saturated heterocycles. The minimum absolute atomic E-state index is 0.140. The summed E-state index contributed by atoms with van der Waals surface area (Å²) in [5.74, 6) is -0.313. The number of rotatable bonds is 3. The van der Waals surface area contributed by atoms with Crippen molar-refractivity contribution < 1.29 is 9.18 Å². The van der Waals surface area contributed by atoms with E-state index in [0.29, 0.717) is 17.1 Å². The van der Waals surface area contributed by atoms with Crippen molar-refractivity contribution in [2.24, 2.45) is 5.73 Å². The molecule has 1 aliphatic heterocycles. The van der Waals surface area contributed by atoms with E-state index in [0.717, 1.165) is 25.2 Å². The van der Waals surface area contributed by atoms with Crippen molar-refractivity contribution in [2.45, 2.75) is 57.0 Å². The third kappa shape index (κ3) is 2.32. The van der Waals surface area contributed by atoms with E-state index in [9.17, 15) is 9.18 Å². The van der Waals surface area contributed by atoms with Crippen molar-refractivity contribution in [1.29, 1.82) is 0 Å². The summed E-state index contributed by atoms with van der Waals surface area (Å²) in [4.78, 5) is 22.1. The monoisotopic (exact) mass is 330 g/mol. The molecule has 4 rings (SSSR count). The highest BCUT2D eigenvalue weighted by Gasteiger charge is 2.44. The maximum atomic E-state index is 13.8. The van der Waals surface area contributed by atoms with Gasteiger partial charge in [0.05, 0.1) is 16.6 Å². The molecule has 1 aliphatic carbocycles. The van der Waals surface area contributed by atoms with E-state index in [2.05, 4.69) is 21.8 Å². The third-order valence-electron chi connectivity index (χ3n) is 5.79. The summed E-state index contributed by atoms with van der Waals surface area (Å²) in [6, 6.07) is 3.15. The van der Waals surface area contributed by atoms with Gasteiger partial charge in [0, 0.05) is 6.04 Å². The summed E-state index contributed by atoms with van der Waals surface area (Å²) in [7, 11) is 0. The molecule has 1 amide bonds. The zero-order valence-electron chi connectivity index (χ0n) is 13.9. The number of hydrogen-bond donors (Lipinski definition) is 2. The Bertz CT molecular complexity index is 796. The second kappa shape index (κ2) is 5.55. The van der Waals surface area contributed by atoms with Crippen molar-refractivity contribution in [2.75, 3.05) is 6.54 Å². The fourth-order valence-electron chi connectivity index (χ4n) is 4.57. The lowest BCUT2D eigenvalue weighted by molar-refractivity contribution is 0.0947. The number of nitrogens with two attached hydrogens (primary N) is 1. The Morgan fingerprint density at radius 1 is 1.38 bits per heavy atom. The van der Waals surface area contributed by atoms with Crippen LogP contribution in [0.15, 0.2) is 12.1 Å². The van der Waals surface area contributed by atoms with Gasteiger partial charge in [0.15, 0.2) is 0 Å². The molecule has 1 aromatic carbocycles. The van der Waals surface area contributed by atoms with Gasteiger partial charge in [0.2, 0.25) is 0 Å². The van der Waals surface area contributed by atoms with Crippen LogP contribution >= 0.6 is 0 Å². The molecule has 2 fully saturated rings. The van der Waals surface area contributed by atoms with Gasteiger partial charge in [-0.1, -0.05) is 12.8 Å². The zero-order chi connectivity index (χ0) is 16.9. The average Bonchev–Trinajstić information content (AvgIpc) is 3.24. The second-order valence-electron chi connectivity index (χ2n) is 7.31. The lowest BCUT2D eigenvalue weighted by atomic mass is 9.96. The van der Waals surface area contributed by atoms with Gasteiger partial charge in [-0.3, -0.25) is 9.69 Å². The number of H-pyrrole nitrogens is 1. The number of amides is 1. The first-order valence-electron chi connectivity index (χ1n) is 8.75. The number of aromatic nitrogens is 2. The summed E-state index contributed by atoms with van der Waals surface area (Å²) < 4.78 is 13.8. The highest BCUT2D eigenvalue weighted by atomic mass is 19.1. The molecule has 0 spiro atoms. The topological polar surface area (TPSA) is 75.0 Å². The van der Waals surface area contributed by atoms with E-state index < -0.39 is 11.7 Å². The fraction of sp³-hybridized carbons (Fsp3) is 0.556. The Kier molecular flexibility index (Phi) is 3.60. The molecule has 0 unspecified atom stereocenters. The van der Waals surface area contributed by atoms with Crippen molar-refractivity contribution in [3.05, 3.63) is 29.3 Å². The maximum absolute atomic E-state index is 13.8. The van der Waals surface area contributed by atoms with Gasteiger partial charge in [-0.15, -0.1) is 0 Å². The average molecular weight is 330 g/mol. The third-order valence-corrected chi connectivity index (χ3v) is 5.79.